The number of rotatable bonds is 6. The smallest absolute Gasteiger partial charge is 0.273 e. The maximum atomic E-state index is 12.6. The van der Waals surface area contributed by atoms with Crippen molar-refractivity contribution in [3.8, 4) is 0 Å². The van der Waals surface area contributed by atoms with E-state index in [9.17, 15) is 23.3 Å². The van der Waals surface area contributed by atoms with Crippen molar-refractivity contribution in [2.75, 3.05) is 18.9 Å². The average molecular weight is 377 g/mol. The number of carbonyl (C=O) groups excluding carboxylic acids is 1. The van der Waals surface area contributed by atoms with Gasteiger partial charge in [0.05, 0.1) is 16.4 Å². The molecule has 0 saturated carbocycles. The number of nitrogens with zero attached hydrogens (tertiary/aromatic N) is 2. The van der Waals surface area contributed by atoms with Gasteiger partial charge in [-0.1, -0.05) is 23.8 Å². The molecule has 9 heteroatoms. The van der Waals surface area contributed by atoms with Gasteiger partial charge in [0, 0.05) is 24.4 Å². The molecule has 0 spiro atoms. The molecule has 1 N–H and O–H groups in total. The Morgan fingerprint density at radius 3 is 2.35 bits per heavy atom. The molecule has 0 aliphatic carbocycles. The van der Waals surface area contributed by atoms with Crippen LogP contribution >= 0.6 is 0 Å². The highest BCUT2D eigenvalue weighted by Gasteiger charge is 2.25. The first-order valence-electron chi connectivity index (χ1n) is 7.69. The lowest BCUT2D eigenvalue weighted by molar-refractivity contribution is -0.385. The SMILES string of the molecule is Cc1ccc(NC(=O)CN(C)S(=O)(=O)c2ccc(C)c([N+](=O)[O-])c2)cc1. The lowest BCUT2D eigenvalue weighted by atomic mass is 10.2. The Hall–Kier alpha value is -2.78. The van der Waals surface area contributed by atoms with Crippen molar-refractivity contribution in [2.24, 2.45) is 0 Å². The van der Waals surface area contributed by atoms with Crippen molar-refractivity contribution in [3.05, 3.63) is 63.7 Å². The van der Waals surface area contributed by atoms with Crippen LogP contribution in [0.1, 0.15) is 11.1 Å². The van der Waals surface area contributed by atoms with Crippen LogP contribution in [0.2, 0.25) is 0 Å². The second-order valence-electron chi connectivity index (χ2n) is 5.88. The zero-order valence-corrected chi connectivity index (χ0v) is 15.4. The number of nitro benzene ring substituents is 1. The zero-order valence-electron chi connectivity index (χ0n) is 14.6. The summed E-state index contributed by atoms with van der Waals surface area (Å²) in [6.45, 7) is 3.01. The van der Waals surface area contributed by atoms with Crippen molar-refractivity contribution in [1.29, 1.82) is 0 Å². The van der Waals surface area contributed by atoms with Gasteiger partial charge in [0.15, 0.2) is 0 Å². The van der Waals surface area contributed by atoms with Crippen LogP contribution in [0.5, 0.6) is 0 Å². The van der Waals surface area contributed by atoms with Crippen LogP contribution in [-0.4, -0.2) is 37.1 Å². The number of anilines is 1. The number of aryl methyl sites for hydroxylation is 2. The van der Waals surface area contributed by atoms with Crippen LogP contribution in [0.3, 0.4) is 0 Å². The quantitative estimate of drug-likeness (QED) is 0.614. The highest BCUT2D eigenvalue weighted by molar-refractivity contribution is 7.89. The van der Waals surface area contributed by atoms with E-state index in [1.807, 2.05) is 19.1 Å². The third-order valence-corrected chi connectivity index (χ3v) is 5.59. The van der Waals surface area contributed by atoms with E-state index in [1.165, 1.54) is 26.1 Å². The first-order valence-corrected chi connectivity index (χ1v) is 9.13. The molecule has 26 heavy (non-hydrogen) atoms. The molecule has 0 aliphatic rings. The van der Waals surface area contributed by atoms with Crippen LogP contribution < -0.4 is 5.32 Å². The normalized spacial score (nSPS) is 11.4. The van der Waals surface area contributed by atoms with Crippen LogP contribution in [0.15, 0.2) is 47.4 Å². The van der Waals surface area contributed by atoms with Gasteiger partial charge in [0.2, 0.25) is 15.9 Å². The lowest BCUT2D eigenvalue weighted by Gasteiger charge is -2.17. The summed E-state index contributed by atoms with van der Waals surface area (Å²) in [5.74, 6) is -0.512. The molecule has 0 aromatic heterocycles. The van der Waals surface area contributed by atoms with Gasteiger partial charge in [0.25, 0.3) is 5.69 Å². The fourth-order valence-corrected chi connectivity index (χ4v) is 3.40. The number of hydrogen-bond donors (Lipinski definition) is 1. The van der Waals surface area contributed by atoms with E-state index in [4.69, 9.17) is 0 Å². The van der Waals surface area contributed by atoms with Gasteiger partial charge < -0.3 is 5.32 Å². The van der Waals surface area contributed by atoms with E-state index >= 15 is 0 Å². The molecule has 0 atom stereocenters. The van der Waals surface area contributed by atoms with Crippen molar-refractivity contribution < 1.29 is 18.1 Å². The molecule has 0 saturated heterocycles. The largest absolute Gasteiger partial charge is 0.325 e. The predicted octanol–water partition coefficient (Wildman–Crippen LogP) is 2.47. The Kier molecular flexibility index (Phi) is 5.73. The number of nitrogens with one attached hydrogen (secondary N) is 1. The molecule has 0 heterocycles. The Bertz CT molecular complexity index is 939. The average Bonchev–Trinajstić information content (AvgIpc) is 2.56. The molecule has 0 bridgehead atoms. The summed E-state index contributed by atoms with van der Waals surface area (Å²) in [5.41, 5.74) is 1.65. The Balaban J connectivity index is 2.15. The van der Waals surface area contributed by atoms with Gasteiger partial charge in [0.1, 0.15) is 0 Å². The minimum absolute atomic E-state index is 0.236. The highest BCUT2D eigenvalue weighted by Crippen LogP contribution is 2.24. The summed E-state index contributed by atoms with van der Waals surface area (Å²) >= 11 is 0. The van der Waals surface area contributed by atoms with Crippen LogP contribution in [-0.2, 0) is 14.8 Å². The van der Waals surface area contributed by atoms with E-state index in [0.29, 0.717) is 11.3 Å². The van der Waals surface area contributed by atoms with Gasteiger partial charge in [-0.05, 0) is 32.0 Å². The number of hydrogen-bond acceptors (Lipinski definition) is 5. The second-order valence-corrected chi connectivity index (χ2v) is 7.93. The van der Waals surface area contributed by atoms with E-state index in [1.54, 1.807) is 12.1 Å². The summed E-state index contributed by atoms with van der Waals surface area (Å²) in [5, 5.41) is 13.6. The van der Waals surface area contributed by atoms with Gasteiger partial charge in [-0.25, -0.2) is 8.42 Å². The van der Waals surface area contributed by atoms with Crippen LogP contribution in [0.4, 0.5) is 11.4 Å². The molecular weight excluding hydrogens is 358 g/mol. The van der Waals surface area contributed by atoms with Crippen LogP contribution in [0.25, 0.3) is 0 Å². The van der Waals surface area contributed by atoms with Crippen molar-refractivity contribution in [2.45, 2.75) is 18.7 Å². The number of nitro groups is 1. The number of benzene rings is 2. The number of amides is 1. The van der Waals surface area contributed by atoms with Gasteiger partial charge >= 0.3 is 0 Å². The summed E-state index contributed by atoms with van der Waals surface area (Å²) < 4.78 is 26.0. The maximum absolute atomic E-state index is 12.6. The monoisotopic (exact) mass is 377 g/mol. The van der Waals surface area contributed by atoms with E-state index < -0.39 is 27.4 Å². The molecular formula is C17H19N3O5S. The van der Waals surface area contributed by atoms with Crippen molar-refractivity contribution in [3.63, 3.8) is 0 Å². The topological polar surface area (TPSA) is 110 Å². The van der Waals surface area contributed by atoms with Crippen molar-refractivity contribution >= 4 is 27.3 Å². The summed E-state index contributed by atoms with van der Waals surface area (Å²) in [6, 6.07) is 10.7. The third-order valence-electron chi connectivity index (χ3n) is 3.79. The molecule has 8 nitrogen and oxygen atoms in total. The summed E-state index contributed by atoms with van der Waals surface area (Å²) in [6.07, 6.45) is 0. The molecule has 2 rings (SSSR count). The Labute approximate surface area is 151 Å². The minimum atomic E-state index is -4.04. The maximum Gasteiger partial charge on any atom is 0.273 e. The van der Waals surface area contributed by atoms with Crippen molar-refractivity contribution in [1.82, 2.24) is 4.31 Å². The van der Waals surface area contributed by atoms with E-state index in [2.05, 4.69) is 5.32 Å². The van der Waals surface area contributed by atoms with Gasteiger partial charge in [-0.15, -0.1) is 0 Å². The molecule has 138 valence electrons. The standard InChI is InChI=1S/C17H19N3O5S/c1-12-4-7-14(8-5-12)18-17(21)11-19(3)26(24,25)15-9-6-13(2)16(10-15)20(22)23/h4-10H,11H2,1-3H3,(H,18,21). The fraction of sp³-hybridized carbons (Fsp3) is 0.235. The molecule has 0 aliphatic heterocycles. The van der Waals surface area contributed by atoms with Crippen LogP contribution in [0, 0.1) is 24.0 Å². The minimum Gasteiger partial charge on any atom is -0.325 e. The summed E-state index contributed by atoms with van der Waals surface area (Å²) in [7, 11) is -2.79. The zero-order chi connectivity index (χ0) is 19.5. The molecule has 0 unspecified atom stereocenters. The van der Waals surface area contributed by atoms with E-state index in [-0.39, 0.29) is 10.6 Å². The second kappa shape index (κ2) is 7.63. The molecule has 2 aromatic rings. The van der Waals surface area contributed by atoms with Gasteiger partial charge in [-0.3, -0.25) is 14.9 Å². The number of likely N-dealkylation sites (N-methyl/N-ethyl adjacent to an activating group) is 1. The number of sulfonamides is 1. The van der Waals surface area contributed by atoms with Gasteiger partial charge in [-0.2, -0.15) is 4.31 Å². The third kappa shape index (κ3) is 4.44. The number of carbonyl (C=O) groups is 1. The van der Waals surface area contributed by atoms with E-state index in [0.717, 1.165) is 15.9 Å². The lowest BCUT2D eigenvalue weighted by Crippen LogP contribution is -2.35. The predicted molar refractivity (Wildman–Crippen MR) is 97.5 cm³/mol. The molecule has 2 aromatic carbocycles. The highest BCUT2D eigenvalue weighted by atomic mass is 32.2. The fourth-order valence-electron chi connectivity index (χ4n) is 2.25. The summed E-state index contributed by atoms with van der Waals surface area (Å²) in [4.78, 5) is 22.2. The molecule has 0 radical (unpaired) electrons. The molecule has 1 amide bonds. The Morgan fingerprint density at radius 1 is 1.15 bits per heavy atom. The first kappa shape index (κ1) is 19.5. The Morgan fingerprint density at radius 2 is 1.77 bits per heavy atom. The molecule has 0 fully saturated rings. The first-order chi connectivity index (χ1) is 12.1.